The van der Waals surface area contributed by atoms with Crippen LogP contribution >= 0.6 is 0 Å². The van der Waals surface area contributed by atoms with E-state index in [4.69, 9.17) is 19.5 Å². The maximum Gasteiger partial charge on any atom is 0.328 e. The smallest absolute Gasteiger partial charge is 0.328 e. The fourth-order valence-electron chi connectivity index (χ4n) is 4.02. The number of likely N-dealkylation sites (tertiary alicyclic amines) is 1. The van der Waals surface area contributed by atoms with Gasteiger partial charge in [-0.2, -0.15) is 0 Å². The van der Waals surface area contributed by atoms with Gasteiger partial charge in [-0.3, -0.25) is 0 Å². The highest BCUT2D eigenvalue weighted by Crippen LogP contribution is 2.27. The van der Waals surface area contributed by atoms with Crippen LogP contribution in [0.2, 0.25) is 0 Å². The third-order valence-electron chi connectivity index (χ3n) is 5.99. The highest BCUT2D eigenvalue weighted by molar-refractivity contribution is 5.89. The van der Waals surface area contributed by atoms with Gasteiger partial charge in [-0.15, -0.1) is 0 Å². The van der Waals surface area contributed by atoms with Gasteiger partial charge in [0.15, 0.2) is 5.58 Å². The number of hydrogen-bond donors (Lipinski definition) is 2. The van der Waals surface area contributed by atoms with Crippen molar-refractivity contribution >= 4 is 22.9 Å². The number of aryl methyl sites for hydroxylation is 1. The van der Waals surface area contributed by atoms with Crippen LogP contribution in [-0.4, -0.2) is 58.4 Å². The zero-order valence-corrected chi connectivity index (χ0v) is 19.9. The van der Waals surface area contributed by atoms with Crippen LogP contribution in [-0.2, 0) is 16.0 Å². The molecule has 0 spiro atoms. The molecule has 0 atom stereocenters. The third-order valence-corrected chi connectivity index (χ3v) is 5.99. The predicted molar refractivity (Wildman–Crippen MR) is 133 cm³/mol. The Hall–Kier alpha value is -3.65. The fourth-order valence-corrected chi connectivity index (χ4v) is 4.02. The van der Waals surface area contributed by atoms with Crippen molar-refractivity contribution in [3.8, 4) is 5.88 Å². The van der Waals surface area contributed by atoms with Crippen LogP contribution in [0.1, 0.15) is 30.4 Å². The average molecular weight is 481 g/mol. The molecule has 1 aliphatic heterocycles. The number of fused-ring (bicyclic) bond motifs is 1. The first-order valence-electron chi connectivity index (χ1n) is 11.8. The molecule has 4 rings (SSSR count). The monoisotopic (exact) mass is 480 g/mol. The van der Waals surface area contributed by atoms with Crippen molar-refractivity contribution in [2.24, 2.45) is 5.92 Å². The number of aromatic nitrogens is 1. The zero-order valence-electron chi connectivity index (χ0n) is 19.9. The first kappa shape index (κ1) is 26.0. The van der Waals surface area contributed by atoms with Crippen molar-refractivity contribution < 1.29 is 29.1 Å². The molecule has 2 N–H and O–H groups in total. The maximum atomic E-state index is 9.55. The van der Waals surface area contributed by atoms with E-state index in [1.807, 2.05) is 12.1 Å². The van der Waals surface area contributed by atoms with Gasteiger partial charge >= 0.3 is 11.9 Å². The Bertz CT molecular complexity index is 1100. The van der Waals surface area contributed by atoms with Crippen molar-refractivity contribution in [1.82, 2.24) is 10.1 Å². The molecule has 2 heterocycles. The van der Waals surface area contributed by atoms with Gasteiger partial charge < -0.3 is 24.4 Å². The molecule has 3 aromatic rings. The van der Waals surface area contributed by atoms with Crippen LogP contribution in [0.15, 0.2) is 65.2 Å². The van der Waals surface area contributed by atoms with Gasteiger partial charge in [0.25, 0.3) is 5.88 Å². The van der Waals surface area contributed by atoms with Gasteiger partial charge in [-0.25, -0.2) is 9.59 Å². The van der Waals surface area contributed by atoms with E-state index in [2.05, 4.69) is 53.4 Å². The molecule has 186 valence electrons. The summed E-state index contributed by atoms with van der Waals surface area (Å²) in [5, 5.41) is 20.7. The summed E-state index contributed by atoms with van der Waals surface area (Å²) in [4.78, 5) is 21.7. The molecule has 0 bridgehead atoms. The lowest BCUT2D eigenvalue weighted by Crippen LogP contribution is -2.35. The predicted octanol–water partition coefficient (Wildman–Crippen LogP) is 4.57. The number of carboxylic acid groups (broad SMARTS) is 2. The van der Waals surface area contributed by atoms with Crippen molar-refractivity contribution in [3.63, 3.8) is 0 Å². The van der Waals surface area contributed by atoms with Gasteiger partial charge in [0.2, 0.25) is 0 Å². The van der Waals surface area contributed by atoms with E-state index >= 15 is 0 Å². The highest BCUT2D eigenvalue weighted by atomic mass is 16.5. The summed E-state index contributed by atoms with van der Waals surface area (Å²) in [6.45, 7) is 6.32. The number of rotatable bonds is 9. The van der Waals surface area contributed by atoms with Gasteiger partial charge in [0, 0.05) is 18.7 Å². The summed E-state index contributed by atoms with van der Waals surface area (Å²) < 4.78 is 11.3. The van der Waals surface area contributed by atoms with E-state index in [1.54, 1.807) is 0 Å². The number of hydrogen-bond acceptors (Lipinski definition) is 6. The van der Waals surface area contributed by atoms with Crippen LogP contribution in [0.4, 0.5) is 0 Å². The number of piperidine rings is 1. The standard InChI is InChI=1S/C23H28N2O2.C4H4O4/c1-18-7-8-21-22(17-18)27-24-23(21)26-16-12-20-10-14-25(15-11-20)13-9-19-5-3-2-4-6-19;5-3(6)1-2-4(7)8/h2-8,17,20H,9-16H2,1H3;1-2H,(H,5,6)(H,7,8)/b;2-1+. The minimum atomic E-state index is -1.26. The van der Waals surface area contributed by atoms with Crippen molar-refractivity contribution in [3.05, 3.63) is 71.8 Å². The van der Waals surface area contributed by atoms with Crippen LogP contribution in [0, 0.1) is 12.8 Å². The molecule has 1 saturated heterocycles. The summed E-state index contributed by atoms with van der Waals surface area (Å²) in [5.41, 5.74) is 3.41. The van der Waals surface area contributed by atoms with Crippen LogP contribution in [0.25, 0.3) is 11.0 Å². The first-order chi connectivity index (χ1) is 16.9. The molecule has 0 aliphatic carbocycles. The molecule has 35 heavy (non-hydrogen) atoms. The maximum absolute atomic E-state index is 9.55. The first-order valence-corrected chi connectivity index (χ1v) is 11.8. The largest absolute Gasteiger partial charge is 0.478 e. The molecule has 2 aromatic carbocycles. The quantitative estimate of drug-likeness (QED) is 0.428. The Morgan fingerprint density at radius 2 is 1.77 bits per heavy atom. The molecular weight excluding hydrogens is 448 g/mol. The number of benzene rings is 2. The molecule has 1 fully saturated rings. The zero-order chi connectivity index (χ0) is 25.0. The van der Waals surface area contributed by atoms with Gasteiger partial charge in [0.05, 0.1) is 12.0 Å². The number of carboxylic acids is 2. The van der Waals surface area contributed by atoms with Crippen molar-refractivity contribution in [2.75, 3.05) is 26.2 Å². The lowest BCUT2D eigenvalue weighted by molar-refractivity contribution is -0.134. The summed E-state index contributed by atoms with van der Waals surface area (Å²) in [5.74, 6) is -1.14. The molecule has 1 aromatic heterocycles. The Balaban J connectivity index is 0.000000371. The number of carbonyl (C=O) groups is 2. The molecule has 8 heteroatoms. The summed E-state index contributed by atoms with van der Waals surface area (Å²) in [6.07, 6.45) is 5.87. The van der Waals surface area contributed by atoms with E-state index in [0.717, 1.165) is 36.3 Å². The van der Waals surface area contributed by atoms with Crippen molar-refractivity contribution in [2.45, 2.75) is 32.6 Å². The summed E-state index contributed by atoms with van der Waals surface area (Å²) in [6, 6.07) is 16.9. The second-order valence-electron chi connectivity index (χ2n) is 8.65. The molecule has 8 nitrogen and oxygen atoms in total. The van der Waals surface area contributed by atoms with E-state index in [9.17, 15) is 9.59 Å². The fraction of sp³-hybridized carbons (Fsp3) is 0.370. The van der Waals surface area contributed by atoms with Gasteiger partial charge in [-0.05, 0) is 80.0 Å². The molecule has 0 saturated carbocycles. The normalized spacial score (nSPS) is 14.5. The topological polar surface area (TPSA) is 113 Å². The van der Waals surface area contributed by atoms with Crippen molar-refractivity contribution in [1.29, 1.82) is 0 Å². The Kier molecular flexibility index (Phi) is 9.86. The van der Waals surface area contributed by atoms with E-state index < -0.39 is 11.9 Å². The molecular formula is C27H32N2O6. The minimum absolute atomic E-state index is 0.558. The van der Waals surface area contributed by atoms with Crippen LogP contribution < -0.4 is 4.74 Å². The van der Waals surface area contributed by atoms with Crippen LogP contribution in [0.3, 0.4) is 0 Å². The second-order valence-corrected chi connectivity index (χ2v) is 8.65. The number of ether oxygens (including phenoxy) is 1. The van der Waals surface area contributed by atoms with Crippen LogP contribution in [0.5, 0.6) is 5.88 Å². The van der Waals surface area contributed by atoms with E-state index in [-0.39, 0.29) is 0 Å². The van der Waals surface area contributed by atoms with E-state index in [1.165, 1.54) is 37.1 Å². The SMILES string of the molecule is Cc1ccc2c(OCCC3CCN(CCc4ccccc4)CC3)noc2c1.O=C(O)/C=C/C(=O)O. The lowest BCUT2D eigenvalue weighted by Gasteiger charge is -2.31. The second kappa shape index (κ2) is 13.3. The Morgan fingerprint density at radius 1 is 1.09 bits per heavy atom. The van der Waals surface area contributed by atoms with Gasteiger partial charge in [-0.1, -0.05) is 36.4 Å². The summed E-state index contributed by atoms with van der Waals surface area (Å²) in [7, 11) is 0. The van der Waals surface area contributed by atoms with Gasteiger partial charge in [0.1, 0.15) is 0 Å². The molecule has 0 amide bonds. The van der Waals surface area contributed by atoms with E-state index in [0.29, 0.717) is 24.6 Å². The average Bonchev–Trinajstić information content (AvgIpc) is 3.25. The minimum Gasteiger partial charge on any atom is -0.478 e. The number of nitrogens with zero attached hydrogens (tertiary/aromatic N) is 2. The third kappa shape index (κ3) is 8.90. The lowest BCUT2D eigenvalue weighted by atomic mass is 9.93. The number of aliphatic carboxylic acids is 2. The molecule has 0 unspecified atom stereocenters. The summed E-state index contributed by atoms with van der Waals surface area (Å²) >= 11 is 0. The highest BCUT2D eigenvalue weighted by Gasteiger charge is 2.19. The molecule has 1 aliphatic rings. The Morgan fingerprint density at radius 3 is 2.43 bits per heavy atom. The molecule has 0 radical (unpaired) electrons. The Labute approximate surface area is 204 Å².